The van der Waals surface area contributed by atoms with Crippen molar-refractivity contribution in [2.75, 3.05) is 6.61 Å². The Morgan fingerprint density at radius 3 is 1.88 bits per heavy atom. The molecular weight excluding hydrogens is 700 g/mol. The molecule has 0 spiro atoms. The van der Waals surface area contributed by atoms with Crippen LogP contribution in [0.5, 0.6) is 23.0 Å². The van der Waals surface area contributed by atoms with Crippen molar-refractivity contribution in [2.24, 2.45) is 0 Å². The fraction of sp³-hybridized carbons (Fsp3) is 0.545. The van der Waals surface area contributed by atoms with Gasteiger partial charge < -0.3 is 89.0 Å². The zero-order valence-corrected chi connectivity index (χ0v) is 27.5. The van der Waals surface area contributed by atoms with E-state index in [1.165, 1.54) is 38.1 Å². The van der Waals surface area contributed by atoms with Crippen molar-refractivity contribution in [3.8, 4) is 34.3 Å². The number of hydrogen-bond acceptors (Lipinski definition) is 19. The molecule has 0 radical (unpaired) electrons. The normalized spacial score (nSPS) is 38.3. The summed E-state index contributed by atoms with van der Waals surface area (Å²) in [5, 5.41) is 115. The van der Waals surface area contributed by atoms with E-state index in [-0.39, 0.29) is 22.7 Å². The van der Waals surface area contributed by atoms with Gasteiger partial charge in [-0.05, 0) is 38.1 Å². The first-order valence-electron chi connectivity index (χ1n) is 16.2. The Labute approximate surface area is 293 Å². The number of phenolic OH excluding ortho intramolecular Hbond substituents is 3. The molecule has 0 aliphatic carbocycles. The lowest BCUT2D eigenvalue weighted by atomic mass is 9.97. The van der Waals surface area contributed by atoms with Crippen LogP contribution in [-0.2, 0) is 23.7 Å². The molecule has 19 nitrogen and oxygen atoms in total. The summed E-state index contributed by atoms with van der Waals surface area (Å²) < 4.78 is 40.3. The van der Waals surface area contributed by atoms with Crippen LogP contribution in [0.1, 0.15) is 13.8 Å². The number of aliphatic hydroxyl groups excluding tert-OH is 8. The number of fused-ring (bicyclic) bond motifs is 1. The Hall–Kier alpha value is -3.67. The number of benzene rings is 2. The molecule has 15 atom stereocenters. The lowest BCUT2D eigenvalue weighted by Crippen LogP contribution is -2.65. The number of ether oxygens (including phenoxy) is 6. The van der Waals surface area contributed by atoms with Crippen LogP contribution < -0.4 is 10.2 Å². The summed E-state index contributed by atoms with van der Waals surface area (Å²) in [6.45, 7) is 2.12. The van der Waals surface area contributed by atoms with Gasteiger partial charge in [-0.3, -0.25) is 4.79 Å². The van der Waals surface area contributed by atoms with E-state index < -0.39 is 127 Å². The predicted molar refractivity (Wildman–Crippen MR) is 170 cm³/mol. The highest BCUT2D eigenvalue weighted by atomic mass is 16.8. The molecule has 0 bridgehead atoms. The van der Waals surface area contributed by atoms with Gasteiger partial charge >= 0.3 is 0 Å². The second-order valence-corrected chi connectivity index (χ2v) is 12.9. The van der Waals surface area contributed by atoms with Crippen molar-refractivity contribution in [3.63, 3.8) is 0 Å². The van der Waals surface area contributed by atoms with Crippen LogP contribution in [0, 0.1) is 0 Å². The van der Waals surface area contributed by atoms with Crippen LogP contribution in [0.2, 0.25) is 0 Å². The number of aromatic hydroxyl groups is 3. The smallest absolute Gasteiger partial charge is 0.239 e. The first-order valence-corrected chi connectivity index (χ1v) is 16.2. The summed E-state index contributed by atoms with van der Waals surface area (Å²) in [6, 6.07) is 7.16. The molecule has 4 heterocycles. The van der Waals surface area contributed by atoms with E-state index in [2.05, 4.69) is 0 Å². The van der Waals surface area contributed by atoms with Gasteiger partial charge in [0.05, 0.1) is 18.8 Å². The third-order valence-corrected chi connectivity index (χ3v) is 9.26. The van der Waals surface area contributed by atoms with E-state index in [1.807, 2.05) is 0 Å². The highest BCUT2D eigenvalue weighted by molar-refractivity contribution is 5.88. The average molecular weight is 741 g/mol. The third kappa shape index (κ3) is 7.16. The lowest BCUT2D eigenvalue weighted by molar-refractivity contribution is -0.360. The molecule has 11 N–H and O–H groups in total. The van der Waals surface area contributed by atoms with Gasteiger partial charge in [0.1, 0.15) is 83.2 Å². The van der Waals surface area contributed by atoms with E-state index in [0.29, 0.717) is 0 Å². The molecule has 3 fully saturated rings. The zero-order valence-electron chi connectivity index (χ0n) is 27.5. The number of rotatable bonds is 8. The van der Waals surface area contributed by atoms with Gasteiger partial charge in [-0.1, -0.05) is 0 Å². The van der Waals surface area contributed by atoms with Crippen molar-refractivity contribution in [3.05, 3.63) is 46.6 Å². The maximum Gasteiger partial charge on any atom is 0.239 e. The van der Waals surface area contributed by atoms with Crippen LogP contribution in [0.25, 0.3) is 22.3 Å². The average Bonchev–Trinajstić information content (AvgIpc) is 3.10. The minimum atomic E-state index is -2.00. The Morgan fingerprint density at radius 2 is 1.25 bits per heavy atom. The molecule has 3 saturated heterocycles. The van der Waals surface area contributed by atoms with Gasteiger partial charge in [-0.2, -0.15) is 0 Å². The monoisotopic (exact) mass is 740 g/mol. The van der Waals surface area contributed by atoms with E-state index in [4.69, 9.17) is 32.8 Å². The lowest BCUT2D eigenvalue weighted by Gasteiger charge is -2.46. The first kappa shape index (κ1) is 38.1. The van der Waals surface area contributed by atoms with Crippen LogP contribution in [0.15, 0.2) is 45.6 Å². The molecule has 2 aromatic carbocycles. The Morgan fingerprint density at radius 1 is 0.654 bits per heavy atom. The van der Waals surface area contributed by atoms with Crippen LogP contribution in [-0.4, -0.2) is 155 Å². The molecule has 19 heteroatoms. The molecule has 3 aliphatic heterocycles. The highest BCUT2D eigenvalue weighted by Crippen LogP contribution is 2.38. The number of aliphatic hydroxyl groups is 8. The van der Waals surface area contributed by atoms with Gasteiger partial charge in [0.15, 0.2) is 24.4 Å². The van der Waals surface area contributed by atoms with Crippen molar-refractivity contribution < 1.29 is 89.0 Å². The van der Waals surface area contributed by atoms with Crippen molar-refractivity contribution >= 4 is 11.0 Å². The van der Waals surface area contributed by atoms with E-state index in [0.717, 1.165) is 12.1 Å². The molecular formula is C33H40O19. The molecule has 3 aromatic rings. The van der Waals surface area contributed by atoms with E-state index in [9.17, 15) is 61.0 Å². The predicted octanol–water partition coefficient (Wildman–Crippen LogP) is -2.54. The van der Waals surface area contributed by atoms with Crippen LogP contribution in [0.4, 0.5) is 0 Å². The summed E-state index contributed by atoms with van der Waals surface area (Å²) >= 11 is 0. The highest BCUT2D eigenvalue weighted by Gasteiger charge is 2.52. The Balaban J connectivity index is 1.38. The first-order chi connectivity index (χ1) is 24.6. The van der Waals surface area contributed by atoms with Gasteiger partial charge in [-0.25, -0.2) is 0 Å². The van der Waals surface area contributed by atoms with Crippen molar-refractivity contribution in [2.45, 2.75) is 106 Å². The maximum absolute atomic E-state index is 14.0. The summed E-state index contributed by atoms with van der Waals surface area (Å²) in [5.74, 6) is -2.27. The van der Waals surface area contributed by atoms with Crippen molar-refractivity contribution in [1.82, 2.24) is 0 Å². The van der Waals surface area contributed by atoms with Gasteiger partial charge in [0.2, 0.25) is 17.5 Å². The summed E-state index contributed by atoms with van der Waals surface area (Å²) in [7, 11) is 0. The number of phenols is 3. The van der Waals surface area contributed by atoms with Gasteiger partial charge in [0.25, 0.3) is 0 Å². The van der Waals surface area contributed by atoms with Gasteiger partial charge in [-0.15, -0.1) is 0 Å². The standard InChI is InChI=1S/C33H40O19/c1-10-19(37)23(41)26(44)31(47-10)46-9-17-21(39)25(43)30(52-32-27(45)24(42)20(38)11(2)48-32)33(50-17)51-29-22(40)18-15(36)7-14(35)8-16(18)49-28(29)12-3-5-13(34)6-4-12/h3-8,10-11,17,19-21,23-27,30-39,41-45H,9H2,1-2H3/t10-,11-,17+,19-,20-,21+,23+,24+,25-,26+,27+,30+,31-,32+,33-/m0/s1. The SMILES string of the molecule is C[C@@H]1O[C@H](OC[C@H]2O[C@@H](Oc3c(-c4ccc(O)cc4)oc4cc(O)cc(O)c4c3=O)[C@H](O[C@H]3O[C@@H](C)[C@H](O)[C@@H](O)[C@H]3O)[C@@H](O)[C@@H]2O)[C@H](O)[C@H](O)[C@H]1O. The topological polar surface area (TPSA) is 308 Å². The second kappa shape index (κ2) is 15.0. The van der Waals surface area contributed by atoms with Crippen molar-refractivity contribution in [1.29, 1.82) is 0 Å². The molecule has 1 aromatic heterocycles. The molecule has 0 amide bonds. The zero-order chi connectivity index (χ0) is 37.8. The quantitative estimate of drug-likeness (QED) is 0.113. The molecule has 286 valence electrons. The summed E-state index contributed by atoms with van der Waals surface area (Å²) in [6.07, 6.45) is -24.7. The summed E-state index contributed by atoms with van der Waals surface area (Å²) in [5.41, 5.74) is -1.15. The minimum Gasteiger partial charge on any atom is -0.508 e. The fourth-order valence-corrected chi connectivity index (χ4v) is 6.20. The molecule has 3 aliphatic rings. The third-order valence-electron chi connectivity index (χ3n) is 9.26. The van der Waals surface area contributed by atoms with E-state index in [1.54, 1.807) is 0 Å². The number of hydrogen-bond donors (Lipinski definition) is 11. The van der Waals surface area contributed by atoms with Crippen LogP contribution in [0.3, 0.4) is 0 Å². The molecule has 0 saturated carbocycles. The van der Waals surface area contributed by atoms with Crippen LogP contribution >= 0.6 is 0 Å². The fourth-order valence-electron chi connectivity index (χ4n) is 6.20. The van der Waals surface area contributed by atoms with Gasteiger partial charge in [0, 0.05) is 17.7 Å². The molecule has 0 unspecified atom stereocenters. The largest absolute Gasteiger partial charge is 0.508 e. The molecule has 6 rings (SSSR count). The second-order valence-electron chi connectivity index (χ2n) is 12.9. The molecule has 52 heavy (non-hydrogen) atoms. The minimum absolute atomic E-state index is 0.138. The van der Waals surface area contributed by atoms with E-state index >= 15 is 0 Å². The maximum atomic E-state index is 14.0. The Kier molecular flexibility index (Phi) is 11.0. The Bertz CT molecular complexity index is 1760. The summed E-state index contributed by atoms with van der Waals surface area (Å²) in [4.78, 5) is 14.0.